The molecule has 0 aromatic heterocycles. The van der Waals surface area contributed by atoms with Crippen LogP contribution in [0.15, 0.2) is 68.9 Å². The van der Waals surface area contributed by atoms with Gasteiger partial charge in [0.05, 0.1) is 0 Å². The molecule has 0 saturated heterocycles. The highest BCUT2D eigenvalue weighted by Gasteiger charge is 2.75. The molecule has 0 radical (unpaired) electrons. The molecule has 0 amide bonds. The van der Waals surface area contributed by atoms with Crippen molar-refractivity contribution in [2.45, 2.75) is 72.0 Å². The lowest BCUT2D eigenvalue weighted by molar-refractivity contribution is -0.139. The van der Waals surface area contributed by atoms with Crippen molar-refractivity contribution in [3.8, 4) is 0 Å². The normalized spacial score (nSPS) is 45.3. The quantitative estimate of drug-likeness (QED) is 0.659. The van der Waals surface area contributed by atoms with Crippen molar-refractivity contribution in [3.63, 3.8) is 0 Å². The van der Waals surface area contributed by atoms with Gasteiger partial charge in [-0.05, 0) is 107 Å². The average Bonchev–Trinajstić information content (AvgIpc) is 3.56. The van der Waals surface area contributed by atoms with E-state index < -0.39 is 22.0 Å². The molecule has 6 atom stereocenters. The summed E-state index contributed by atoms with van der Waals surface area (Å²) in [5, 5.41) is 23.0. The average molecular weight is 445 g/mol. The van der Waals surface area contributed by atoms with Crippen molar-refractivity contribution in [1.82, 2.24) is 0 Å². The summed E-state index contributed by atoms with van der Waals surface area (Å²) >= 11 is 0. The van der Waals surface area contributed by atoms with Gasteiger partial charge in [0.2, 0.25) is 0 Å². The van der Waals surface area contributed by atoms with Crippen LogP contribution in [-0.4, -0.2) is 33.0 Å². The topological polar surface area (TPSA) is 74.6 Å². The van der Waals surface area contributed by atoms with Gasteiger partial charge in [-0.1, -0.05) is 23.3 Å². The van der Waals surface area contributed by atoms with E-state index in [1.807, 2.05) is 26.0 Å². The molecule has 6 aliphatic carbocycles. The van der Waals surface area contributed by atoms with Crippen molar-refractivity contribution >= 4 is 11.6 Å². The summed E-state index contributed by atoms with van der Waals surface area (Å²) in [5.41, 5.74) is 3.57. The van der Waals surface area contributed by atoms with Crippen LogP contribution >= 0.6 is 0 Å². The van der Waals surface area contributed by atoms with E-state index in [1.165, 1.54) is 0 Å². The number of allylic oxidation sites excluding steroid dienone is 8. The van der Waals surface area contributed by atoms with Crippen LogP contribution in [0.1, 0.15) is 60.8 Å². The van der Waals surface area contributed by atoms with E-state index in [1.54, 1.807) is 13.8 Å². The Morgan fingerprint density at radius 2 is 1.09 bits per heavy atom. The van der Waals surface area contributed by atoms with Crippen molar-refractivity contribution in [2.75, 3.05) is 0 Å². The zero-order valence-electron chi connectivity index (χ0n) is 20.3. The van der Waals surface area contributed by atoms with E-state index in [9.17, 15) is 19.8 Å². The lowest BCUT2D eigenvalue weighted by Gasteiger charge is -2.41. The van der Waals surface area contributed by atoms with Crippen LogP contribution in [0.3, 0.4) is 0 Å². The maximum Gasteiger partial charge on any atom is 0.195 e. The van der Waals surface area contributed by atoms with Crippen LogP contribution in [0.25, 0.3) is 0 Å². The van der Waals surface area contributed by atoms with E-state index in [4.69, 9.17) is 0 Å². The molecular formula is C29H32O4. The first-order chi connectivity index (χ1) is 15.3. The number of ketones is 2. The van der Waals surface area contributed by atoms with E-state index >= 15 is 0 Å². The van der Waals surface area contributed by atoms with Gasteiger partial charge in [0, 0.05) is 22.0 Å². The number of hydrogen-bond acceptors (Lipinski definition) is 4. The largest absolute Gasteiger partial charge is 0.381 e. The zero-order valence-corrected chi connectivity index (χ0v) is 20.3. The van der Waals surface area contributed by atoms with Crippen molar-refractivity contribution in [2.24, 2.45) is 22.7 Å². The predicted octanol–water partition coefficient (Wildman–Crippen LogP) is 4.46. The second kappa shape index (κ2) is 5.84. The maximum absolute atomic E-state index is 13.3. The Hall–Kier alpha value is -2.30. The van der Waals surface area contributed by atoms with Gasteiger partial charge < -0.3 is 10.2 Å². The molecule has 2 spiro atoms. The van der Waals surface area contributed by atoms with Crippen LogP contribution in [0, 0.1) is 22.7 Å². The molecule has 2 fully saturated rings. The smallest absolute Gasteiger partial charge is 0.195 e. The second-order valence-corrected chi connectivity index (χ2v) is 11.8. The summed E-state index contributed by atoms with van der Waals surface area (Å²) in [6.07, 6.45) is 10.2. The van der Waals surface area contributed by atoms with Crippen molar-refractivity contribution < 1.29 is 19.8 Å². The van der Waals surface area contributed by atoms with Gasteiger partial charge in [0.15, 0.2) is 11.6 Å². The summed E-state index contributed by atoms with van der Waals surface area (Å²) in [7, 11) is 0. The highest BCUT2D eigenvalue weighted by molar-refractivity contribution is 6.11. The van der Waals surface area contributed by atoms with E-state index in [-0.39, 0.29) is 23.4 Å². The van der Waals surface area contributed by atoms with Crippen LogP contribution < -0.4 is 0 Å². The van der Waals surface area contributed by atoms with Crippen LogP contribution in [0.2, 0.25) is 0 Å². The molecule has 6 aliphatic rings. The molecule has 0 aliphatic heterocycles. The fourth-order valence-electron chi connectivity index (χ4n) is 8.12. The Bertz CT molecular complexity index is 1180. The minimum atomic E-state index is -1.43. The molecule has 0 aromatic carbocycles. The number of Topliss-reactive ketones (excluding diaryl/α,β-unsaturated/α-hetero) is 2. The molecular weight excluding hydrogens is 412 g/mol. The van der Waals surface area contributed by atoms with Crippen molar-refractivity contribution in [3.05, 3.63) is 68.9 Å². The third-order valence-corrected chi connectivity index (χ3v) is 10.1. The third kappa shape index (κ3) is 2.20. The zero-order chi connectivity index (χ0) is 23.9. The number of carbonyl (C=O) groups is 2. The number of rotatable bonds is 2. The van der Waals surface area contributed by atoms with Gasteiger partial charge >= 0.3 is 0 Å². The number of hydrogen-bond donors (Lipinski definition) is 2. The van der Waals surface area contributed by atoms with E-state index in [2.05, 4.69) is 26.0 Å². The molecule has 4 nitrogen and oxygen atoms in total. The molecule has 6 rings (SSSR count). The molecule has 2 saturated carbocycles. The first kappa shape index (κ1) is 21.2. The Balaban J connectivity index is 1.36. The molecule has 4 heteroatoms. The van der Waals surface area contributed by atoms with Gasteiger partial charge in [-0.25, -0.2) is 0 Å². The van der Waals surface area contributed by atoms with Gasteiger partial charge in [0.25, 0.3) is 0 Å². The van der Waals surface area contributed by atoms with E-state index in [0.717, 1.165) is 52.7 Å². The summed E-state index contributed by atoms with van der Waals surface area (Å²) in [6.45, 7) is 11.5. The lowest BCUT2D eigenvalue weighted by atomic mass is 9.65. The molecule has 2 N–H and O–H groups in total. The minimum Gasteiger partial charge on any atom is -0.381 e. The Morgan fingerprint density at radius 3 is 1.45 bits per heavy atom. The third-order valence-electron chi connectivity index (χ3n) is 10.1. The van der Waals surface area contributed by atoms with Crippen molar-refractivity contribution in [1.29, 1.82) is 0 Å². The Morgan fingerprint density at radius 1 is 0.727 bits per heavy atom. The molecule has 172 valence electrons. The van der Waals surface area contributed by atoms with Crippen LogP contribution in [-0.2, 0) is 9.59 Å². The Kier molecular flexibility index (Phi) is 3.76. The predicted molar refractivity (Wildman–Crippen MR) is 126 cm³/mol. The monoisotopic (exact) mass is 444 g/mol. The van der Waals surface area contributed by atoms with Gasteiger partial charge in [-0.15, -0.1) is 0 Å². The maximum atomic E-state index is 13.3. The molecule has 0 bridgehead atoms. The highest BCUT2D eigenvalue weighted by Crippen LogP contribution is 2.76. The van der Waals surface area contributed by atoms with Gasteiger partial charge in [0.1, 0.15) is 11.2 Å². The first-order valence-electron chi connectivity index (χ1n) is 12.1. The molecule has 0 aromatic rings. The van der Waals surface area contributed by atoms with Gasteiger partial charge in [-0.3, -0.25) is 9.59 Å². The SMILES string of the molecule is CC1=CC2=C(C)[C@@]3(C[C@@H]3C[C@H]3C[C@@]34C(C)=C3C=C(C)C=C3C(=O)[C@@]4(C)O)[C@](C)(O)C(=O)C2=C1. The van der Waals surface area contributed by atoms with Crippen LogP contribution in [0.4, 0.5) is 0 Å². The van der Waals surface area contributed by atoms with Crippen LogP contribution in [0.5, 0.6) is 0 Å². The second-order valence-electron chi connectivity index (χ2n) is 11.8. The summed E-state index contributed by atoms with van der Waals surface area (Å²) in [6, 6.07) is 0. The number of fused-ring (bicyclic) bond motifs is 2. The molecule has 0 heterocycles. The van der Waals surface area contributed by atoms with Gasteiger partial charge in [-0.2, -0.15) is 0 Å². The number of carbonyl (C=O) groups excluding carboxylic acids is 2. The number of aliphatic hydroxyl groups is 2. The standard InChI is InChI=1S/C29H32O4/c1-14-7-20-16(3)28(26(5,32)24(30)22(20)9-14)12-18(28)11-19-13-29(19)17(4)21-8-15(2)10-23(21)25(31)27(29,6)33/h7-10,18-19,32-33H,11-13H2,1-6H3/t18-,19-,26+,27+,28+,29+/m0/s1. The first-order valence-corrected chi connectivity index (χ1v) is 12.1. The lowest BCUT2D eigenvalue weighted by Crippen LogP contribution is -2.51. The summed E-state index contributed by atoms with van der Waals surface area (Å²) < 4.78 is 0. The minimum absolute atomic E-state index is 0.158. The molecule has 33 heavy (non-hydrogen) atoms. The molecule has 0 unspecified atom stereocenters. The summed E-state index contributed by atoms with van der Waals surface area (Å²) in [4.78, 5) is 26.6. The Labute approximate surface area is 195 Å². The fraction of sp³-hybridized carbons (Fsp3) is 0.517. The van der Waals surface area contributed by atoms with E-state index in [0.29, 0.717) is 11.1 Å². The highest BCUT2D eigenvalue weighted by atomic mass is 16.3. The summed E-state index contributed by atoms with van der Waals surface area (Å²) in [5.74, 6) is -0.0382. The fourth-order valence-corrected chi connectivity index (χ4v) is 8.12.